The molecule has 2 heterocycles. The van der Waals surface area contributed by atoms with Crippen molar-refractivity contribution >= 4 is 57.9 Å². The predicted octanol–water partition coefficient (Wildman–Crippen LogP) is 2.82. The Balaban J connectivity index is 1.78. The number of ether oxygens (including phenoxy) is 1. The average Bonchev–Trinajstić information content (AvgIpc) is 3.28. The molecule has 0 spiro atoms. The molecule has 1 fully saturated rings. The Kier molecular flexibility index (Phi) is 9.23. The monoisotopic (exact) mass is 550 g/mol. The molecule has 0 radical (unpaired) electrons. The number of hydrogen-bond acceptors (Lipinski definition) is 6. The summed E-state index contributed by atoms with van der Waals surface area (Å²) in [5.41, 5.74) is -0.857. The Labute approximate surface area is 210 Å². The molecule has 2 aromatic rings. The van der Waals surface area contributed by atoms with Gasteiger partial charge in [-0.15, -0.1) is 11.3 Å². The maximum atomic E-state index is 13.8. The summed E-state index contributed by atoms with van der Waals surface area (Å²) in [4.78, 5) is 49.9. The van der Waals surface area contributed by atoms with Gasteiger partial charge in [-0.1, -0.05) is 11.6 Å². The fourth-order valence-electron chi connectivity index (χ4n) is 3.19. The number of nitrogens with zero attached hydrogens (tertiary/aromatic N) is 1. The molecule has 1 aliphatic heterocycles. The van der Waals surface area contributed by atoms with Crippen LogP contribution in [0.1, 0.15) is 21.7 Å². The van der Waals surface area contributed by atoms with E-state index < -0.39 is 54.6 Å². The van der Waals surface area contributed by atoms with Gasteiger partial charge in [0, 0.05) is 30.0 Å². The largest absolute Gasteiger partial charge is 0.370 e. The van der Waals surface area contributed by atoms with Crippen LogP contribution in [-0.2, 0) is 19.1 Å². The van der Waals surface area contributed by atoms with Crippen LogP contribution in [0.15, 0.2) is 30.3 Å². The lowest BCUT2D eigenvalue weighted by molar-refractivity contribution is -0.134. The molecule has 36 heavy (non-hydrogen) atoms. The third-order valence-electron chi connectivity index (χ3n) is 4.92. The molecule has 3 rings (SSSR count). The van der Waals surface area contributed by atoms with Crippen LogP contribution in [0.2, 0.25) is 4.34 Å². The smallest absolute Gasteiger partial charge is 0.315 e. The van der Waals surface area contributed by atoms with E-state index in [9.17, 15) is 36.7 Å². The molecule has 1 atom stereocenters. The summed E-state index contributed by atoms with van der Waals surface area (Å²) < 4.78 is 58.4. The highest BCUT2D eigenvalue weighted by Crippen LogP contribution is 2.32. The SMILES string of the molecule is O=C(NC[C@@H](NC(=O)C(F)F)C(=O)Nc1ccc(N2CCOCC2=O)cc1C(F)F)c1ccc(Cl)s1. The van der Waals surface area contributed by atoms with Gasteiger partial charge >= 0.3 is 6.43 Å². The fourth-order valence-corrected chi connectivity index (χ4v) is 4.14. The highest BCUT2D eigenvalue weighted by molar-refractivity contribution is 7.18. The van der Waals surface area contributed by atoms with Crippen LogP contribution in [0.25, 0.3) is 0 Å². The zero-order valence-corrected chi connectivity index (χ0v) is 19.8. The van der Waals surface area contributed by atoms with Crippen LogP contribution in [0.3, 0.4) is 0 Å². The zero-order chi connectivity index (χ0) is 26.4. The van der Waals surface area contributed by atoms with Gasteiger partial charge < -0.3 is 25.6 Å². The molecule has 0 saturated carbocycles. The molecule has 0 bridgehead atoms. The van der Waals surface area contributed by atoms with Gasteiger partial charge in [-0.25, -0.2) is 8.78 Å². The Morgan fingerprint density at radius 1 is 1.11 bits per heavy atom. The van der Waals surface area contributed by atoms with Crippen LogP contribution in [0.5, 0.6) is 0 Å². The topological polar surface area (TPSA) is 117 Å². The number of thiophene rings is 1. The molecule has 0 unspecified atom stereocenters. The Bertz CT molecular complexity index is 1150. The lowest BCUT2D eigenvalue weighted by Gasteiger charge is -2.28. The minimum atomic E-state index is -3.46. The van der Waals surface area contributed by atoms with E-state index in [1.807, 2.05) is 0 Å². The number of morpholine rings is 1. The van der Waals surface area contributed by atoms with Crippen LogP contribution in [-0.4, -0.2) is 62.4 Å². The number of alkyl halides is 4. The maximum Gasteiger partial charge on any atom is 0.315 e. The average molecular weight is 551 g/mol. The lowest BCUT2D eigenvalue weighted by Crippen LogP contribution is -2.52. The molecule has 1 saturated heterocycles. The summed E-state index contributed by atoms with van der Waals surface area (Å²) >= 11 is 6.69. The predicted molar refractivity (Wildman–Crippen MR) is 123 cm³/mol. The van der Waals surface area contributed by atoms with Gasteiger partial charge in [0.05, 0.1) is 15.8 Å². The molecular formula is C21H19ClF4N4O5S. The summed E-state index contributed by atoms with van der Waals surface area (Å²) in [6, 6.07) is 4.57. The van der Waals surface area contributed by atoms with Crippen molar-refractivity contribution in [3.8, 4) is 0 Å². The summed E-state index contributed by atoms with van der Waals surface area (Å²) in [6.45, 7) is -0.478. The van der Waals surface area contributed by atoms with Crippen molar-refractivity contribution in [2.75, 3.05) is 36.5 Å². The molecule has 194 valence electrons. The quantitative estimate of drug-likeness (QED) is 0.415. The Morgan fingerprint density at radius 3 is 2.47 bits per heavy atom. The van der Waals surface area contributed by atoms with E-state index in [-0.39, 0.29) is 36.0 Å². The minimum absolute atomic E-state index is 0.143. The molecule has 1 aliphatic rings. The van der Waals surface area contributed by atoms with E-state index >= 15 is 0 Å². The van der Waals surface area contributed by atoms with Crippen LogP contribution >= 0.6 is 22.9 Å². The third-order valence-corrected chi connectivity index (χ3v) is 6.15. The van der Waals surface area contributed by atoms with Crippen LogP contribution in [0.4, 0.5) is 28.9 Å². The van der Waals surface area contributed by atoms with E-state index in [4.69, 9.17) is 16.3 Å². The van der Waals surface area contributed by atoms with Gasteiger partial charge in [0.2, 0.25) is 5.91 Å². The maximum absolute atomic E-state index is 13.8. The van der Waals surface area contributed by atoms with Crippen molar-refractivity contribution in [2.45, 2.75) is 18.9 Å². The Hall–Kier alpha value is -3.23. The summed E-state index contributed by atoms with van der Waals surface area (Å²) in [6.07, 6.45) is -6.54. The molecular weight excluding hydrogens is 532 g/mol. The van der Waals surface area contributed by atoms with Crippen molar-refractivity contribution in [1.29, 1.82) is 0 Å². The second-order valence-electron chi connectivity index (χ2n) is 7.34. The number of anilines is 2. The van der Waals surface area contributed by atoms with Crippen LogP contribution in [0, 0.1) is 0 Å². The standard InChI is InChI=1S/C21H19ClF4N4O5S/c22-15-4-3-14(36-15)20(33)27-8-13(29-21(34)18(25)26)19(32)28-12-2-1-10(7-11(12)17(23)24)30-5-6-35-9-16(30)31/h1-4,7,13,17-18H,5-6,8-9H2,(H,27,33)(H,28,32)(H,29,34)/t13-/m1/s1. The first-order valence-corrected chi connectivity index (χ1v) is 11.5. The molecule has 0 aliphatic carbocycles. The van der Waals surface area contributed by atoms with Gasteiger partial charge in [0.25, 0.3) is 24.1 Å². The number of hydrogen-bond donors (Lipinski definition) is 3. The lowest BCUT2D eigenvalue weighted by atomic mass is 10.1. The molecule has 15 heteroatoms. The number of amides is 4. The third kappa shape index (κ3) is 6.92. The van der Waals surface area contributed by atoms with Gasteiger partial charge in [-0.05, 0) is 30.3 Å². The number of rotatable bonds is 9. The molecule has 3 N–H and O–H groups in total. The van der Waals surface area contributed by atoms with Crippen molar-refractivity contribution < 1.29 is 41.5 Å². The first-order chi connectivity index (χ1) is 17.1. The summed E-state index contributed by atoms with van der Waals surface area (Å²) in [5.74, 6) is -4.05. The second kappa shape index (κ2) is 12.1. The van der Waals surface area contributed by atoms with Crippen molar-refractivity contribution in [1.82, 2.24) is 10.6 Å². The van der Waals surface area contributed by atoms with E-state index in [2.05, 4.69) is 10.6 Å². The van der Waals surface area contributed by atoms with Gasteiger partial charge in [0.1, 0.15) is 12.6 Å². The summed E-state index contributed by atoms with van der Waals surface area (Å²) in [5, 5.41) is 6.25. The number of benzene rings is 1. The number of carbonyl (C=O) groups excluding carboxylic acids is 4. The highest BCUT2D eigenvalue weighted by atomic mass is 35.5. The Morgan fingerprint density at radius 2 is 1.86 bits per heavy atom. The molecule has 1 aromatic carbocycles. The first-order valence-electron chi connectivity index (χ1n) is 10.3. The second-order valence-corrected chi connectivity index (χ2v) is 9.05. The van der Waals surface area contributed by atoms with Gasteiger partial charge in [0.15, 0.2) is 0 Å². The molecule has 4 amide bonds. The van der Waals surface area contributed by atoms with E-state index in [0.717, 1.165) is 23.5 Å². The van der Waals surface area contributed by atoms with E-state index in [1.54, 1.807) is 5.32 Å². The van der Waals surface area contributed by atoms with E-state index in [1.165, 1.54) is 23.1 Å². The fraction of sp³-hybridized carbons (Fsp3) is 0.333. The van der Waals surface area contributed by atoms with Gasteiger partial charge in [-0.2, -0.15) is 8.78 Å². The zero-order valence-electron chi connectivity index (χ0n) is 18.2. The van der Waals surface area contributed by atoms with Crippen molar-refractivity contribution in [2.24, 2.45) is 0 Å². The first kappa shape index (κ1) is 27.4. The van der Waals surface area contributed by atoms with Crippen molar-refractivity contribution in [3.63, 3.8) is 0 Å². The molecule has 9 nitrogen and oxygen atoms in total. The number of nitrogens with one attached hydrogen (secondary N) is 3. The van der Waals surface area contributed by atoms with Crippen LogP contribution < -0.4 is 20.9 Å². The normalized spacial score (nSPS) is 14.6. The van der Waals surface area contributed by atoms with Gasteiger partial charge in [-0.3, -0.25) is 19.2 Å². The van der Waals surface area contributed by atoms with E-state index in [0.29, 0.717) is 4.34 Å². The van der Waals surface area contributed by atoms with Crippen molar-refractivity contribution in [3.05, 3.63) is 45.1 Å². The molecule has 1 aromatic heterocycles. The summed E-state index contributed by atoms with van der Waals surface area (Å²) in [7, 11) is 0. The number of carbonyl (C=O) groups is 4. The minimum Gasteiger partial charge on any atom is -0.370 e. The number of halogens is 5. The highest BCUT2D eigenvalue weighted by Gasteiger charge is 2.28.